The number of nitrogens with one attached hydrogen (secondary N) is 1. The van der Waals surface area contributed by atoms with Gasteiger partial charge >= 0.3 is 0 Å². The van der Waals surface area contributed by atoms with Crippen molar-refractivity contribution in [1.82, 2.24) is 15.1 Å². The highest BCUT2D eigenvalue weighted by atomic mass is 32.2. The predicted octanol–water partition coefficient (Wildman–Crippen LogP) is 3.77. The van der Waals surface area contributed by atoms with E-state index in [0.717, 1.165) is 12.2 Å². The van der Waals surface area contributed by atoms with Crippen molar-refractivity contribution in [3.8, 4) is 0 Å². The highest BCUT2D eigenvalue weighted by Crippen LogP contribution is 2.30. The number of hydrogen-bond acceptors (Lipinski definition) is 3. The Bertz CT molecular complexity index is 582. The number of nitrogens with zero attached hydrogens (tertiary/aromatic N) is 2. The van der Waals surface area contributed by atoms with Crippen LogP contribution in [0.4, 0.5) is 0 Å². The first kappa shape index (κ1) is 15.1. The fourth-order valence-electron chi connectivity index (χ4n) is 1.90. The number of aromatic nitrogens is 2. The van der Waals surface area contributed by atoms with Gasteiger partial charge in [0.1, 0.15) is 0 Å². The molecular formula is C16H23N3S. The second kappa shape index (κ2) is 6.02. The van der Waals surface area contributed by atoms with Gasteiger partial charge in [0.15, 0.2) is 0 Å². The molecule has 3 nitrogen and oxygen atoms in total. The molecular weight excluding hydrogens is 266 g/mol. The number of benzene rings is 1. The lowest BCUT2D eigenvalue weighted by molar-refractivity contribution is 0.422. The maximum absolute atomic E-state index is 4.40. The van der Waals surface area contributed by atoms with Gasteiger partial charge in [-0.1, -0.05) is 30.0 Å². The maximum Gasteiger partial charge on any atom is 0.0987 e. The lowest BCUT2D eigenvalue weighted by atomic mass is 10.1. The van der Waals surface area contributed by atoms with Crippen molar-refractivity contribution in [1.29, 1.82) is 0 Å². The zero-order chi connectivity index (χ0) is 14.8. The first-order valence-corrected chi connectivity index (χ1v) is 7.68. The Labute approximate surface area is 125 Å². The standard InChI is InChI=1S/C16H23N3S/c1-12-10-15(19(5)18-12)20-14-9-7-6-8-13(14)11-17-16(2,3)4/h6-10,17H,11H2,1-5H3. The van der Waals surface area contributed by atoms with E-state index in [2.05, 4.69) is 61.5 Å². The van der Waals surface area contributed by atoms with Crippen molar-refractivity contribution in [3.63, 3.8) is 0 Å². The largest absolute Gasteiger partial charge is 0.308 e. The highest BCUT2D eigenvalue weighted by molar-refractivity contribution is 7.99. The summed E-state index contributed by atoms with van der Waals surface area (Å²) in [7, 11) is 1.99. The zero-order valence-corrected chi connectivity index (χ0v) is 13.7. The molecule has 0 fully saturated rings. The Balaban J connectivity index is 2.17. The molecule has 20 heavy (non-hydrogen) atoms. The zero-order valence-electron chi connectivity index (χ0n) is 12.9. The molecule has 1 heterocycles. The summed E-state index contributed by atoms with van der Waals surface area (Å²) in [6.45, 7) is 9.47. The fraction of sp³-hybridized carbons (Fsp3) is 0.438. The van der Waals surface area contributed by atoms with Crippen LogP contribution < -0.4 is 5.32 Å². The first-order chi connectivity index (χ1) is 9.35. The molecule has 1 aromatic carbocycles. The van der Waals surface area contributed by atoms with E-state index >= 15 is 0 Å². The average molecular weight is 289 g/mol. The molecule has 108 valence electrons. The van der Waals surface area contributed by atoms with E-state index in [4.69, 9.17) is 0 Å². The monoisotopic (exact) mass is 289 g/mol. The molecule has 0 aliphatic heterocycles. The Kier molecular flexibility index (Phi) is 4.55. The number of aryl methyl sites for hydroxylation is 2. The van der Waals surface area contributed by atoms with Gasteiger partial charge in [-0.3, -0.25) is 4.68 Å². The Morgan fingerprint density at radius 2 is 1.95 bits per heavy atom. The predicted molar refractivity (Wildman–Crippen MR) is 85.1 cm³/mol. The molecule has 0 aliphatic rings. The summed E-state index contributed by atoms with van der Waals surface area (Å²) in [5.41, 5.74) is 2.51. The van der Waals surface area contributed by atoms with E-state index in [9.17, 15) is 0 Å². The molecule has 4 heteroatoms. The fourth-order valence-corrected chi connectivity index (χ4v) is 2.95. The molecule has 2 aromatic rings. The van der Waals surface area contributed by atoms with Crippen molar-refractivity contribution >= 4 is 11.8 Å². The molecule has 0 aliphatic carbocycles. The summed E-state index contributed by atoms with van der Waals surface area (Å²) >= 11 is 1.77. The highest BCUT2D eigenvalue weighted by Gasteiger charge is 2.12. The summed E-state index contributed by atoms with van der Waals surface area (Å²) < 4.78 is 1.94. The minimum absolute atomic E-state index is 0.126. The molecule has 0 atom stereocenters. The number of rotatable bonds is 4. The van der Waals surface area contributed by atoms with Gasteiger partial charge in [0, 0.05) is 24.0 Å². The first-order valence-electron chi connectivity index (χ1n) is 6.86. The van der Waals surface area contributed by atoms with Crippen LogP contribution in [0.2, 0.25) is 0 Å². The number of hydrogen-bond donors (Lipinski definition) is 1. The van der Waals surface area contributed by atoms with Crippen LogP contribution in [-0.2, 0) is 13.6 Å². The third-order valence-electron chi connectivity index (χ3n) is 2.96. The van der Waals surface area contributed by atoms with Crippen LogP contribution in [0.3, 0.4) is 0 Å². The smallest absolute Gasteiger partial charge is 0.0987 e. The topological polar surface area (TPSA) is 29.9 Å². The molecule has 1 N–H and O–H groups in total. The van der Waals surface area contributed by atoms with Gasteiger partial charge in [-0.05, 0) is 45.4 Å². The van der Waals surface area contributed by atoms with Crippen LogP contribution >= 0.6 is 11.8 Å². The van der Waals surface area contributed by atoms with Crippen LogP contribution in [0.25, 0.3) is 0 Å². The van der Waals surface area contributed by atoms with E-state index in [1.165, 1.54) is 15.5 Å². The van der Waals surface area contributed by atoms with Crippen molar-refractivity contribution in [3.05, 3.63) is 41.6 Å². The van der Waals surface area contributed by atoms with Crippen molar-refractivity contribution in [2.45, 2.75) is 49.7 Å². The third-order valence-corrected chi connectivity index (χ3v) is 4.16. The summed E-state index contributed by atoms with van der Waals surface area (Å²) in [5, 5.41) is 9.12. The molecule has 0 unspecified atom stereocenters. The third kappa shape index (κ3) is 4.12. The van der Waals surface area contributed by atoms with Gasteiger partial charge < -0.3 is 5.32 Å². The van der Waals surface area contributed by atoms with Crippen LogP contribution in [0.15, 0.2) is 40.3 Å². The minimum atomic E-state index is 0.126. The maximum atomic E-state index is 4.40. The molecule has 0 amide bonds. The van der Waals surface area contributed by atoms with E-state index in [0.29, 0.717) is 0 Å². The molecule has 0 radical (unpaired) electrons. The second-order valence-corrected chi connectivity index (χ2v) is 7.12. The Hall–Kier alpha value is -1.26. The van der Waals surface area contributed by atoms with Crippen LogP contribution in [-0.4, -0.2) is 15.3 Å². The molecule has 0 saturated carbocycles. The van der Waals surface area contributed by atoms with Crippen LogP contribution in [0, 0.1) is 6.92 Å². The van der Waals surface area contributed by atoms with Gasteiger partial charge in [0.2, 0.25) is 0 Å². The van der Waals surface area contributed by atoms with Gasteiger partial charge in [0.05, 0.1) is 10.7 Å². The Morgan fingerprint density at radius 1 is 1.25 bits per heavy atom. The molecule has 0 bridgehead atoms. The SMILES string of the molecule is Cc1cc(Sc2ccccc2CNC(C)(C)C)n(C)n1. The summed E-state index contributed by atoms with van der Waals surface area (Å²) in [4.78, 5) is 1.28. The van der Waals surface area contributed by atoms with E-state index in [1.807, 2.05) is 18.7 Å². The summed E-state index contributed by atoms with van der Waals surface area (Å²) in [5.74, 6) is 0. The summed E-state index contributed by atoms with van der Waals surface area (Å²) in [6, 6.07) is 10.7. The van der Waals surface area contributed by atoms with Gasteiger partial charge in [-0.2, -0.15) is 5.10 Å². The normalized spacial score (nSPS) is 11.8. The van der Waals surface area contributed by atoms with Crippen LogP contribution in [0.5, 0.6) is 0 Å². The van der Waals surface area contributed by atoms with E-state index < -0.39 is 0 Å². The van der Waals surface area contributed by atoms with Crippen LogP contribution in [0.1, 0.15) is 32.0 Å². The molecule has 1 aromatic heterocycles. The van der Waals surface area contributed by atoms with E-state index in [1.54, 1.807) is 11.8 Å². The molecule has 0 spiro atoms. The average Bonchev–Trinajstić information content (AvgIpc) is 2.66. The van der Waals surface area contributed by atoms with Gasteiger partial charge in [-0.15, -0.1) is 0 Å². The van der Waals surface area contributed by atoms with Gasteiger partial charge in [0.25, 0.3) is 0 Å². The van der Waals surface area contributed by atoms with Crippen molar-refractivity contribution in [2.75, 3.05) is 0 Å². The second-order valence-electron chi connectivity index (χ2n) is 6.06. The lowest BCUT2D eigenvalue weighted by Gasteiger charge is -2.21. The van der Waals surface area contributed by atoms with E-state index in [-0.39, 0.29) is 5.54 Å². The van der Waals surface area contributed by atoms with Gasteiger partial charge in [-0.25, -0.2) is 0 Å². The molecule has 2 rings (SSSR count). The molecule has 0 saturated heterocycles. The van der Waals surface area contributed by atoms with Crippen molar-refractivity contribution in [2.24, 2.45) is 7.05 Å². The van der Waals surface area contributed by atoms with Crippen molar-refractivity contribution < 1.29 is 0 Å². The minimum Gasteiger partial charge on any atom is -0.308 e. The lowest BCUT2D eigenvalue weighted by Crippen LogP contribution is -2.35. The summed E-state index contributed by atoms with van der Waals surface area (Å²) in [6.07, 6.45) is 0. The Morgan fingerprint density at radius 3 is 2.55 bits per heavy atom. The quantitative estimate of drug-likeness (QED) is 0.929.